The molecule has 4 rings (SSSR count). The highest BCUT2D eigenvalue weighted by Crippen LogP contribution is 2.34. The molecule has 0 saturated carbocycles. The van der Waals surface area contributed by atoms with Gasteiger partial charge < -0.3 is 10.1 Å². The average Bonchev–Trinajstić information content (AvgIpc) is 2.78. The Morgan fingerprint density at radius 2 is 1.77 bits per heavy atom. The molecule has 0 atom stereocenters. The third kappa shape index (κ3) is 4.14. The van der Waals surface area contributed by atoms with Crippen molar-refractivity contribution in [3.05, 3.63) is 83.4 Å². The van der Waals surface area contributed by atoms with E-state index in [1.807, 2.05) is 13.0 Å². The van der Waals surface area contributed by atoms with Crippen LogP contribution in [-0.2, 0) is 16.4 Å². The summed E-state index contributed by atoms with van der Waals surface area (Å²) >= 11 is 0. The molecule has 0 aromatic heterocycles. The molecule has 0 radical (unpaired) electrons. The molecule has 7 heteroatoms. The SMILES string of the molecule is COc1ccccc1C(=O)Nc1ccc2c(c1)CCCN2S(=O)(=O)c1ccc(C)cc1. The second-order valence-corrected chi connectivity index (χ2v) is 9.35. The van der Waals surface area contributed by atoms with Gasteiger partial charge in [0.05, 0.1) is 23.3 Å². The van der Waals surface area contributed by atoms with Crippen LogP contribution < -0.4 is 14.4 Å². The Morgan fingerprint density at radius 1 is 1.03 bits per heavy atom. The number of carbonyl (C=O) groups is 1. The van der Waals surface area contributed by atoms with Gasteiger partial charge in [-0.15, -0.1) is 0 Å². The lowest BCUT2D eigenvalue weighted by Gasteiger charge is -2.31. The van der Waals surface area contributed by atoms with E-state index in [-0.39, 0.29) is 10.8 Å². The average molecular weight is 437 g/mol. The first-order chi connectivity index (χ1) is 14.9. The zero-order chi connectivity index (χ0) is 22.0. The van der Waals surface area contributed by atoms with Gasteiger partial charge in [0.15, 0.2) is 0 Å². The fourth-order valence-corrected chi connectivity index (χ4v) is 5.30. The Bertz CT molecular complexity index is 1220. The van der Waals surface area contributed by atoms with Gasteiger partial charge in [0, 0.05) is 12.2 Å². The number of nitrogens with one attached hydrogen (secondary N) is 1. The molecule has 31 heavy (non-hydrogen) atoms. The van der Waals surface area contributed by atoms with Crippen LogP contribution in [0.4, 0.5) is 11.4 Å². The van der Waals surface area contributed by atoms with Crippen LogP contribution in [0.25, 0.3) is 0 Å². The maximum Gasteiger partial charge on any atom is 0.264 e. The monoisotopic (exact) mass is 436 g/mol. The van der Waals surface area contributed by atoms with E-state index in [2.05, 4.69) is 5.32 Å². The highest BCUT2D eigenvalue weighted by molar-refractivity contribution is 7.92. The molecule has 0 bridgehead atoms. The molecule has 160 valence electrons. The molecule has 1 amide bonds. The number of methoxy groups -OCH3 is 1. The number of amides is 1. The summed E-state index contributed by atoms with van der Waals surface area (Å²) in [5.74, 6) is 0.214. The Kier molecular flexibility index (Phi) is 5.69. The second kappa shape index (κ2) is 8.43. The van der Waals surface area contributed by atoms with Gasteiger partial charge in [-0.3, -0.25) is 9.10 Å². The minimum atomic E-state index is -3.65. The van der Waals surface area contributed by atoms with Gasteiger partial charge in [0.1, 0.15) is 5.75 Å². The predicted octanol–water partition coefficient (Wildman–Crippen LogP) is 4.40. The lowest BCUT2D eigenvalue weighted by Crippen LogP contribution is -2.35. The normalized spacial score (nSPS) is 13.4. The molecule has 3 aromatic rings. The number of nitrogens with zero attached hydrogens (tertiary/aromatic N) is 1. The molecule has 0 fully saturated rings. The number of benzene rings is 3. The van der Waals surface area contributed by atoms with Gasteiger partial charge in [-0.2, -0.15) is 0 Å². The van der Waals surface area contributed by atoms with E-state index in [1.54, 1.807) is 60.7 Å². The lowest BCUT2D eigenvalue weighted by atomic mass is 10.0. The molecule has 1 heterocycles. The number of anilines is 2. The first-order valence-corrected chi connectivity index (χ1v) is 11.5. The maximum absolute atomic E-state index is 13.2. The molecule has 1 N–H and O–H groups in total. The molecular formula is C24H24N2O4S. The van der Waals surface area contributed by atoms with Crippen molar-refractivity contribution in [1.29, 1.82) is 0 Å². The number of para-hydroxylation sites is 1. The van der Waals surface area contributed by atoms with Crippen LogP contribution in [0, 0.1) is 6.92 Å². The van der Waals surface area contributed by atoms with E-state index >= 15 is 0 Å². The van der Waals surface area contributed by atoms with Crippen LogP contribution in [0.3, 0.4) is 0 Å². The summed E-state index contributed by atoms with van der Waals surface area (Å²) in [6.07, 6.45) is 1.45. The molecule has 0 unspecified atom stereocenters. The summed E-state index contributed by atoms with van der Waals surface area (Å²) in [5, 5.41) is 2.89. The van der Waals surface area contributed by atoms with E-state index in [9.17, 15) is 13.2 Å². The van der Waals surface area contributed by atoms with E-state index in [4.69, 9.17) is 4.74 Å². The largest absolute Gasteiger partial charge is 0.496 e. The Labute approximate surface area is 182 Å². The molecule has 1 aliphatic rings. The van der Waals surface area contributed by atoms with Gasteiger partial charge in [-0.1, -0.05) is 29.8 Å². The van der Waals surface area contributed by atoms with E-state index in [0.717, 1.165) is 17.5 Å². The van der Waals surface area contributed by atoms with Crippen molar-refractivity contribution in [1.82, 2.24) is 0 Å². The van der Waals surface area contributed by atoms with Crippen LogP contribution >= 0.6 is 0 Å². The van der Waals surface area contributed by atoms with Crippen LogP contribution in [0.2, 0.25) is 0 Å². The number of sulfonamides is 1. The number of rotatable bonds is 5. The second-order valence-electron chi connectivity index (χ2n) is 7.49. The van der Waals surface area contributed by atoms with Crippen molar-refractivity contribution in [3.8, 4) is 5.75 Å². The van der Waals surface area contributed by atoms with Gasteiger partial charge in [-0.05, 0) is 67.8 Å². The van der Waals surface area contributed by atoms with Crippen molar-refractivity contribution in [2.75, 3.05) is 23.3 Å². The smallest absolute Gasteiger partial charge is 0.264 e. The number of hydrogen-bond acceptors (Lipinski definition) is 4. The summed E-state index contributed by atoms with van der Waals surface area (Å²) in [7, 11) is -2.13. The highest BCUT2D eigenvalue weighted by Gasteiger charge is 2.29. The van der Waals surface area contributed by atoms with Gasteiger partial charge in [0.2, 0.25) is 0 Å². The molecule has 1 aliphatic heterocycles. The van der Waals surface area contributed by atoms with Gasteiger partial charge in [-0.25, -0.2) is 8.42 Å². The minimum absolute atomic E-state index is 0.277. The Morgan fingerprint density at radius 3 is 2.52 bits per heavy atom. The third-order valence-corrected chi connectivity index (χ3v) is 7.20. The first kappa shape index (κ1) is 20.9. The number of hydrogen-bond donors (Lipinski definition) is 1. The number of ether oxygens (including phenoxy) is 1. The Hall–Kier alpha value is -3.32. The first-order valence-electron chi connectivity index (χ1n) is 10.1. The van der Waals surface area contributed by atoms with Crippen molar-refractivity contribution < 1.29 is 17.9 Å². The van der Waals surface area contributed by atoms with Crippen LogP contribution in [0.15, 0.2) is 71.6 Å². The zero-order valence-corrected chi connectivity index (χ0v) is 18.3. The standard InChI is InChI=1S/C24H24N2O4S/c1-17-9-12-20(13-10-17)31(28,29)26-15-5-6-18-16-19(11-14-22(18)26)25-24(27)21-7-3-4-8-23(21)30-2/h3-4,7-14,16H,5-6,15H2,1-2H3,(H,25,27). The summed E-state index contributed by atoms with van der Waals surface area (Å²) < 4.78 is 33.2. The predicted molar refractivity (Wildman–Crippen MR) is 121 cm³/mol. The summed E-state index contributed by atoms with van der Waals surface area (Å²) in [6.45, 7) is 2.35. The van der Waals surface area contributed by atoms with Gasteiger partial charge >= 0.3 is 0 Å². The highest BCUT2D eigenvalue weighted by atomic mass is 32.2. The molecule has 6 nitrogen and oxygen atoms in total. The molecule has 0 aliphatic carbocycles. The third-order valence-electron chi connectivity index (χ3n) is 5.37. The van der Waals surface area contributed by atoms with Crippen molar-refractivity contribution >= 4 is 27.3 Å². The summed E-state index contributed by atoms with van der Waals surface area (Å²) in [4.78, 5) is 13.0. The lowest BCUT2D eigenvalue weighted by molar-refractivity contribution is 0.102. The topological polar surface area (TPSA) is 75.7 Å². The van der Waals surface area contributed by atoms with Gasteiger partial charge in [0.25, 0.3) is 15.9 Å². The molecule has 0 spiro atoms. The van der Waals surface area contributed by atoms with Crippen LogP contribution in [0.5, 0.6) is 5.75 Å². The molecule has 3 aromatic carbocycles. The summed E-state index contributed by atoms with van der Waals surface area (Å²) in [5.41, 5.74) is 3.60. The van der Waals surface area contributed by atoms with E-state index in [0.29, 0.717) is 35.7 Å². The number of carbonyl (C=O) groups excluding carboxylic acids is 1. The molecule has 0 saturated heterocycles. The fourth-order valence-electron chi connectivity index (χ4n) is 3.76. The Balaban J connectivity index is 1.61. The minimum Gasteiger partial charge on any atom is -0.496 e. The van der Waals surface area contributed by atoms with Crippen LogP contribution in [-0.4, -0.2) is 28.0 Å². The van der Waals surface area contributed by atoms with Crippen LogP contribution in [0.1, 0.15) is 27.9 Å². The van der Waals surface area contributed by atoms with Crippen molar-refractivity contribution in [3.63, 3.8) is 0 Å². The maximum atomic E-state index is 13.2. The number of aryl methyl sites for hydroxylation is 2. The number of fused-ring (bicyclic) bond motifs is 1. The van der Waals surface area contributed by atoms with Crippen molar-refractivity contribution in [2.24, 2.45) is 0 Å². The van der Waals surface area contributed by atoms with E-state index in [1.165, 1.54) is 11.4 Å². The zero-order valence-electron chi connectivity index (χ0n) is 17.5. The van der Waals surface area contributed by atoms with Crippen molar-refractivity contribution in [2.45, 2.75) is 24.7 Å². The molecular weight excluding hydrogens is 412 g/mol. The van der Waals surface area contributed by atoms with E-state index < -0.39 is 10.0 Å². The summed E-state index contributed by atoms with van der Waals surface area (Å²) in [6, 6.07) is 19.2. The quantitative estimate of drug-likeness (QED) is 0.643. The fraction of sp³-hybridized carbons (Fsp3) is 0.208.